The van der Waals surface area contributed by atoms with Crippen LogP contribution in [-0.4, -0.2) is 34.1 Å². The number of para-hydroxylation sites is 1. The van der Waals surface area contributed by atoms with Gasteiger partial charge in [-0.1, -0.05) is 30.0 Å². The van der Waals surface area contributed by atoms with Gasteiger partial charge in [0.2, 0.25) is 0 Å². The van der Waals surface area contributed by atoms with Gasteiger partial charge in [0.1, 0.15) is 12.4 Å². The molecule has 2 aliphatic rings. The normalized spacial score (nSPS) is 16.9. The lowest BCUT2D eigenvalue weighted by Gasteiger charge is -2.25. The van der Waals surface area contributed by atoms with Crippen molar-refractivity contribution < 1.29 is 4.79 Å². The van der Waals surface area contributed by atoms with Gasteiger partial charge in [-0.3, -0.25) is 9.69 Å². The van der Waals surface area contributed by atoms with E-state index in [4.69, 9.17) is 0 Å². The van der Waals surface area contributed by atoms with Gasteiger partial charge in [0.05, 0.1) is 5.69 Å². The largest absolute Gasteiger partial charge is 0.295 e. The van der Waals surface area contributed by atoms with Gasteiger partial charge in [-0.15, -0.1) is 6.58 Å². The van der Waals surface area contributed by atoms with E-state index in [0.29, 0.717) is 0 Å². The molecule has 0 saturated carbocycles. The molecule has 0 fully saturated rings. The van der Waals surface area contributed by atoms with Gasteiger partial charge in [-0.05, 0) is 12.1 Å². The second kappa shape index (κ2) is 4.42. The summed E-state index contributed by atoms with van der Waals surface area (Å²) < 4.78 is 0. The number of amidine groups is 2. The minimum absolute atomic E-state index is 0.117. The molecular formula is C13H11N3OS. The van der Waals surface area contributed by atoms with Crippen molar-refractivity contribution in [3.8, 4) is 0 Å². The molecule has 18 heavy (non-hydrogen) atoms. The summed E-state index contributed by atoms with van der Waals surface area (Å²) in [5, 5.41) is 0.818. The van der Waals surface area contributed by atoms with Crippen molar-refractivity contribution in [1.29, 1.82) is 0 Å². The number of nitrogens with zero attached hydrogens (tertiary/aromatic N) is 3. The van der Waals surface area contributed by atoms with E-state index in [1.165, 1.54) is 0 Å². The maximum absolute atomic E-state index is 11.5. The Morgan fingerprint density at radius 2 is 2.22 bits per heavy atom. The highest BCUT2D eigenvalue weighted by atomic mass is 32.2. The van der Waals surface area contributed by atoms with E-state index in [-0.39, 0.29) is 12.5 Å². The summed E-state index contributed by atoms with van der Waals surface area (Å²) in [6.45, 7) is 3.98. The smallest absolute Gasteiger partial charge is 0.267 e. The molecular weight excluding hydrogens is 246 g/mol. The predicted molar refractivity (Wildman–Crippen MR) is 74.4 cm³/mol. The number of rotatable bonds is 2. The number of carbonyl (C=O) groups excluding carboxylic acids is 1. The number of carbonyl (C=O) groups is 1. The van der Waals surface area contributed by atoms with Crippen LogP contribution >= 0.6 is 11.8 Å². The van der Waals surface area contributed by atoms with Crippen molar-refractivity contribution in [2.45, 2.75) is 0 Å². The van der Waals surface area contributed by atoms with Gasteiger partial charge >= 0.3 is 0 Å². The van der Waals surface area contributed by atoms with Gasteiger partial charge < -0.3 is 0 Å². The standard InChI is InChI=1S/C13H11N3OS/c1-2-7-18-13-14-10-6-4-3-5-9(10)12-15-11(17)8-16(12)13/h2-6H,1,7-8H2. The Morgan fingerprint density at radius 3 is 3.06 bits per heavy atom. The molecule has 1 aromatic carbocycles. The number of amides is 1. The van der Waals surface area contributed by atoms with E-state index in [2.05, 4.69) is 16.6 Å². The number of benzene rings is 1. The molecule has 0 aromatic heterocycles. The monoisotopic (exact) mass is 257 g/mol. The van der Waals surface area contributed by atoms with Crippen LogP contribution in [0.4, 0.5) is 5.69 Å². The molecule has 0 N–H and O–H groups in total. The van der Waals surface area contributed by atoms with Gasteiger partial charge in [0.25, 0.3) is 5.91 Å². The van der Waals surface area contributed by atoms with Crippen LogP contribution in [0.15, 0.2) is 46.9 Å². The molecule has 4 nitrogen and oxygen atoms in total. The highest BCUT2D eigenvalue weighted by Gasteiger charge is 2.32. The van der Waals surface area contributed by atoms with Crippen molar-refractivity contribution in [3.63, 3.8) is 0 Å². The fourth-order valence-corrected chi connectivity index (χ4v) is 2.69. The Kier molecular flexibility index (Phi) is 2.76. The summed E-state index contributed by atoms with van der Waals surface area (Å²) in [5.74, 6) is 1.37. The SMILES string of the molecule is C=CCSC1=Nc2ccccc2C2=NC(=O)CN12. The minimum atomic E-state index is -0.117. The molecule has 2 aliphatic heterocycles. The van der Waals surface area contributed by atoms with Crippen LogP contribution in [0.1, 0.15) is 5.56 Å². The van der Waals surface area contributed by atoms with Crippen molar-refractivity contribution in [3.05, 3.63) is 42.5 Å². The summed E-state index contributed by atoms with van der Waals surface area (Å²) in [5.41, 5.74) is 1.79. The Morgan fingerprint density at radius 1 is 1.39 bits per heavy atom. The molecule has 0 atom stereocenters. The number of aliphatic imine (C=N–C) groups is 2. The van der Waals surface area contributed by atoms with Gasteiger partial charge in [-0.25, -0.2) is 4.99 Å². The molecule has 2 heterocycles. The molecule has 5 heteroatoms. The summed E-state index contributed by atoms with van der Waals surface area (Å²) in [4.78, 5) is 22.1. The Hall–Kier alpha value is -1.88. The second-order valence-electron chi connectivity index (χ2n) is 3.93. The van der Waals surface area contributed by atoms with Crippen LogP contribution in [0.25, 0.3) is 0 Å². The first-order chi connectivity index (χ1) is 8.79. The van der Waals surface area contributed by atoms with E-state index in [9.17, 15) is 4.79 Å². The predicted octanol–water partition coefficient (Wildman–Crippen LogP) is 2.20. The lowest BCUT2D eigenvalue weighted by molar-refractivity contribution is -0.116. The fraction of sp³-hybridized carbons (Fsp3) is 0.154. The van der Waals surface area contributed by atoms with E-state index in [1.807, 2.05) is 35.2 Å². The van der Waals surface area contributed by atoms with E-state index >= 15 is 0 Å². The summed E-state index contributed by atoms with van der Waals surface area (Å²) >= 11 is 1.56. The summed E-state index contributed by atoms with van der Waals surface area (Å²) in [7, 11) is 0. The lowest BCUT2D eigenvalue weighted by Crippen LogP contribution is -2.36. The second-order valence-corrected chi connectivity index (χ2v) is 4.91. The van der Waals surface area contributed by atoms with Gasteiger partial charge in [0.15, 0.2) is 5.17 Å². The van der Waals surface area contributed by atoms with Crippen LogP contribution in [0.2, 0.25) is 0 Å². The first-order valence-electron chi connectivity index (χ1n) is 5.60. The van der Waals surface area contributed by atoms with Crippen LogP contribution in [-0.2, 0) is 4.79 Å². The summed E-state index contributed by atoms with van der Waals surface area (Å²) in [6, 6.07) is 7.75. The highest BCUT2D eigenvalue weighted by molar-refractivity contribution is 8.14. The van der Waals surface area contributed by atoms with Crippen molar-refractivity contribution >= 4 is 34.4 Å². The number of thioether (sulfide) groups is 1. The Balaban J connectivity index is 2.08. The molecule has 1 aromatic rings. The van der Waals surface area contributed by atoms with E-state index in [0.717, 1.165) is 28.0 Å². The van der Waals surface area contributed by atoms with Crippen LogP contribution in [0, 0.1) is 0 Å². The quantitative estimate of drug-likeness (QED) is 0.763. The average molecular weight is 257 g/mol. The minimum Gasteiger partial charge on any atom is -0.295 e. The maximum Gasteiger partial charge on any atom is 0.267 e. The molecule has 3 rings (SSSR count). The average Bonchev–Trinajstić information content (AvgIpc) is 2.78. The molecule has 0 unspecified atom stereocenters. The topological polar surface area (TPSA) is 45.0 Å². The van der Waals surface area contributed by atoms with Crippen LogP contribution < -0.4 is 0 Å². The molecule has 0 saturated heterocycles. The molecule has 0 radical (unpaired) electrons. The maximum atomic E-state index is 11.5. The van der Waals surface area contributed by atoms with Crippen molar-refractivity contribution in [2.75, 3.05) is 12.3 Å². The third-order valence-electron chi connectivity index (χ3n) is 2.70. The van der Waals surface area contributed by atoms with Gasteiger partial charge in [0, 0.05) is 11.3 Å². The zero-order chi connectivity index (χ0) is 12.5. The molecule has 0 bridgehead atoms. The Labute approximate surface area is 109 Å². The zero-order valence-electron chi connectivity index (χ0n) is 9.67. The van der Waals surface area contributed by atoms with Crippen molar-refractivity contribution in [2.24, 2.45) is 9.98 Å². The fourth-order valence-electron chi connectivity index (χ4n) is 1.96. The van der Waals surface area contributed by atoms with Crippen LogP contribution in [0.3, 0.4) is 0 Å². The third kappa shape index (κ3) is 1.76. The molecule has 0 aliphatic carbocycles. The highest BCUT2D eigenvalue weighted by Crippen LogP contribution is 2.31. The lowest BCUT2D eigenvalue weighted by atomic mass is 10.1. The van der Waals surface area contributed by atoms with E-state index < -0.39 is 0 Å². The number of fused-ring (bicyclic) bond motifs is 3. The van der Waals surface area contributed by atoms with Crippen LogP contribution in [0.5, 0.6) is 0 Å². The first kappa shape index (κ1) is 11.2. The zero-order valence-corrected chi connectivity index (χ0v) is 10.5. The first-order valence-corrected chi connectivity index (χ1v) is 6.59. The van der Waals surface area contributed by atoms with E-state index in [1.54, 1.807) is 11.8 Å². The molecule has 1 amide bonds. The summed E-state index contributed by atoms with van der Waals surface area (Å²) in [6.07, 6.45) is 1.82. The molecule has 90 valence electrons. The number of hydrogen-bond donors (Lipinski definition) is 0. The van der Waals surface area contributed by atoms with Gasteiger partial charge in [-0.2, -0.15) is 4.99 Å². The Bertz CT molecular complexity index is 592. The molecule has 0 spiro atoms. The van der Waals surface area contributed by atoms with Crippen molar-refractivity contribution in [1.82, 2.24) is 4.90 Å². The number of hydrogen-bond acceptors (Lipinski definition) is 4. The third-order valence-corrected chi connectivity index (χ3v) is 3.67.